The fourth-order valence-electron chi connectivity index (χ4n) is 3.99. The molecule has 0 saturated carbocycles. The van der Waals surface area contributed by atoms with Crippen LogP contribution in [0.3, 0.4) is 0 Å². The van der Waals surface area contributed by atoms with Crippen LogP contribution < -0.4 is 21.7 Å². The van der Waals surface area contributed by atoms with E-state index in [1.165, 1.54) is 17.8 Å². The number of carbonyl (C=O) groups excluding carboxylic acids is 4. The fraction of sp³-hybridized carbons (Fsp3) is 0.0909. The van der Waals surface area contributed by atoms with Crippen LogP contribution >= 0.6 is 35.0 Å². The number of hydrogen-bond acceptors (Lipinski definition) is 5. The summed E-state index contributed by atoms with van der Waals surface area (Å²) in [6, 6.07) is 26.7. The van der Waals surface area contributed by atoms with Crippen LogP contribution in [0.4, 0.5) is 11.4 Å². The van der Waals surface area contributed by atoms with Gasteiger partial charge < -0.3 is 21.7 Å². The van der Waals surface area contributed by atoms with E-state index in [-0.39, 0.29) is 11.6 Å². The second-order valence-electron chi connectivity index (χ2n) is 9.47. The van der Waals surface area contributed by atoms with Gasteiger partial charge in [-0.05, 0) is 84.8 Å². The van der Waals surface area contributed by atoms with Crippen LogP contribution in [-0.4, -0.2) is 28.9 Å². The van der Waals surface area contributed by atoms with Crippen LogP contribution in [0.2, 0.25) is 10.0 Å². The maximum Gasteiger partial charge on any atom is 0.272 e. The molecular weight excluding hydrogens is 619 g/mol. The normalized spacial score (nSPS) is 11.8. The molecule has 44 heavy (non-hydrogen) atoms. The molecule has 4 rings (SSSR count). The van der Waals surface area contributed by atoms with Crippen molar-refractivity contribution in [3.05, 3.63) is 129 Å². The van der Waals surface area contributed by atoms with Gasteiger partial charge in [-0.3, -0.25) is 19.2 Å². The average molecular weight is 648 g/mol. The highest BCUT2D eigenvalue weighted by Gasteiger charge is 2.20. The van der Waals surface area contributed by atoms with Gasteiger partial charge in [-0.1, -0.05) is 60.5 Å². The van der Waals surface area contributed by atoms with Crippen LogP contribution in [0.15, 0.2) is 108 Å². The second-order valence-corrected chi connectivity index (χ2v) is 11.6. The molecule has 1 atom stereocenters. The SMILES string of the molecule is CCC(Sc1cccc(NC(=O)/C(=C\c2ccc(Cl)cc2Cl)NC(=O)c2ccccc2)c1)C(=O)Nc1ccc(C(N)=O)cc1. The van der Waals surface area contributed by atoms with Crippen LogP contribution in [0.25, 0.3) is 6.08 Å². The first-order valence-corrected chi connectivity index (χ1v) is 15.1. The molecule has 5 N–H and O–H groups in total. The minimum absolute atomic E-state index is 0.0331. The average Bonchev–Trinajstić information content (AvgIpc) is 3.01. The van der Waals surface area contributed by atoms with Crippen molar-refractivity contribution < 1.29 is 19.2 Å². The number of nitrogens with two attached hydrogens (primary N) is 1. The summed E-state index contributed by atoms with van der Waals surface area (Å²) in [6.45, 7) is 1.90. The van der Waals surface area contributed by atoms with Crippen molar-refractivity contribution in [1.82, 2.24) is 5.32 Å². The number of benzene rings is 4. The molecule has 0 aliphatic carbocycles. The van der Waals surface area contributed by atoms with E-state index in [0.29, 0.717) is 44.5 Å². The molecule has 1 unspecified atom stereocenters. The third kappa shape index (κ3) is 8.97. The van der Waals surface area contributed by atoms with E-state index in [1.807, 2.05) is 13.0 Å². The molecule has 0 radical (unpaired) electrons. The summed E-state index contributed by atoms with van der Waals surface area (Å²) in [6.07, 6.45) is 2.01. The van der Waals surface area contributed by atoms with Crippen molar-refractivity contribution >= 4 is 76.0 Å². The highest BCUT2D eigenvalue weighted by molar-refractivity contribution is 8.00. The van der Waals surface area contributed by atoms with Gasteiger partial charge in [0.15, 0.2) is 0 Å². The van der Waals surface area contributed by atoms with E-state index >= 15 is 0 Å². The Labute approximate surface area is 269 Å². The van der Waals surface area contributed by atoms with E-state index in [0.717, 1.165) is 4.90 Å². The molecule has 8 nitrogen and oxygen atoms in total. The fourth-order valence-corrected chi connectivity index (χ4v) is 5.47. The van der Waals surface area contributed by atoms with Gasteiger partial charge in [0.05, 0.1) is 5.25 Å². The highest BCUT2D eigenvalue weighted by atomic mass is 35.5. The molecule has 0 bridgehead atoms. The Hall–Kier alpha value is -4.57. The molecular formula is C33H28Cl2N4O4S. The number of halogens is 2. The summed E-state index contributed by atoms with van der Waals surface area (Å²) in [5.41, 5.74) is 7.45. The lowest BCUT2D eigenvalue weighted by Crippen LogP contribution is -2.30. The number of hydrogen-bond donors (Lipinski definition) is 4. The third-order valence-corrected chi connectivity index (χ3v) is 8.18. The van der Waals surface area contributed by atoms with Gasteiger partial charge >= 0.3 is 0 Å². The number of thioether (sulfide) groups is 1. The molecule has 4 aromatic carbocycles. The molecule has 11 heteroatoms. The number of nitrogens with one attached hydrogen (secondary N) is 3. The first-order valence-electron chi connectivity index (χ1n) is 13.4. The number of carbonyl (C=O) groups is 4. The van der Waals surface area contributed by atoms with Crippen molar-refractivity contribution in [1.29, 1.82) is 0 Å². The maximum atomic E-state index is 13.5. The minimum atomic E-state index is -0.577. The molecule has 4 amide bonds. The van der Waals surface area contributed by atoms with Gasteiger partial charge in [0.2, 0.25) is 11.8 Å². The quantitative estimate of drug-likeness (QED) is 0.103. The lowest BCUT2D eigenvalue weighted by Gasteiger charge is -2.16. The smallest absolute Gasteiger partial charge is 0.272 e. The standard InChI is InChI=1S/C33H28Cl2N4O4S/c1-2-29(33(43)37-24-15-12-20(13-16-24)30(36)40)44-26-10-6-9-25(19-26)38-32(42)28(17-22-11-14-23(34)18-27(22)35)39-31(41)21-7-4-3-5-8-21/h3-19,29H,2H2,1H3,(H2,36,40)(H,37,43)(H,38,42)(H,39,41)/b28-17+. The zero-order valence-corrected chi connectivity index (χ0v) is 25.8. The van der Waals surface area contributed by atoms with E-state index in [2.05, 4.69) is 16.0 Å². The molecule has 0 aliphatic heterocycles. The van der Waals surface area contributed by atoms with Gasteiger partial charge in [0.25, 0.3) is 11.8 Å². The first-order chi connectivity index (χ1) is 21.1. The van der Waals surface area contributed by atoms with Crippen LogP contribution in [-0.2, 0) is 9.59 Å². The van der Waals surface area contributed by atoms with E-state index < -0.39 is 23.0 Å². The Balaban J connectivity index is 1.50. The van der Waals surface area contributed by atoms with Gasteiger partial charge in [-0.2, -0.15) is 0 Å². The number of anilines is 2. The lowest BCUT2D eigenvalue weighted by molar-refractivity contribution is -0.116. The topological polar surface area (TPSA) is 130 Å². The van der Waals surface area contributed by atoms with Crippen molar-refractivity contribution in [2.75, 3.05) is 10.6 Å². The van der Waals surface area contributed by atoms with Gasteiger partial charge in [-0.25, -0.2) is 0 Å². The predicted molar refractivity (Wildman–Crippen MR) is 177 cm³/mol. The Bertz CT molecular complexity index is 1710. The van der Waals surface area contributed by atoms with Crippen LogP contribution in [0.5, 0.6) is 0 Å². The Morgan fingerprint density at radius 1 is 0.818 bits per heavy atom. The van der Waals surface area contributed by atoms with Gasteiger partial charge in [0, 0.05) is 37.4 Å². The summed E-state index contributed by atoms with van der Waals surface area (Å²) >= 11 is 13.7. The van der Waals surface area contributed by atoms with Gasteiger partial charge in [0.1, 0.15) is 5.70 Å². The summed E-state index contributed by atoms with van der Waals surface area (Å²) < 4.78 is 0. The maximum absolute atomic E-state index is 13.5. The van der Waals surface area contributed by atoms with Crippen molar-refractivity contribution in [2.45, 2.75) is 23.5 Å². The minimum Gasteiger partial charge on any atom is -0.366 e. The highest BCUT2D eigenvalue weighted by Crippen LogP contribution is 2.29. The van der Waals surface area contributed by atoms with E-state index in [4.69, 9.17) is 28.9 Å². The molecule has 0 saturated heterocycles. The number of amides is 4. The van der Waals surface area contributed by atoms with Crippen molar-refractivity contribution in [3.8, 4) is 0 Å². The summed E-state index contributed by atoms with van der Waals surface area (Å²) in [4.78, 5) is 51.5. The largest absolute Gasteiger partial charge is 0.366 e. The van der Waals surface area contributed by atoms with Crippen LogP contribution in [0.1, 0.15) is 39.6 Å². The summed E-state index contributed by atoms with van der Waals surface area (Å²) in [5, 5.41) is 8.66. The summed E-state index contributed by atoms with van der Waals surface area (Å²) in [5.74, 6) is -1.81. The molecule has 0 aliphatic rings. The van der Waals surface area contributed by atoms with Crippen molar-refractivity contribution in [3.63, 3.8) is 0 Å². The Morgan fingerprint density at radius 3 is 2.20 bits per heavy atom. The molecule has 0 spiro atoms. The number of rotatable bonds is 11. The number of primary amides is 1. The van der Waals surface area contributed by atoms with Crippen LogP contribution in [0, 0.1) is 0 Å². The first kappa shape index (κ1) is 32.3. The molecule has 224 valence electrons. The molecule has 0 aromatic heterocycles. The Morgan fingerprint density at radius 2 is 1.55 bits per heavy atom. The zero-order chi connectivity index (χ0) is 31.6. The summed E-state index contributed by atoms with van der Waals surface area (Å²) in [7, 11) is 0. The molecule has 0 fully saturated rings. The van der Waals surface area contributed by atoms with E-state index in [9.17, 15) is 19.2 Å². The monoisotopic (exact) mass is 646 g/mol. The predicted octanol–water partition coefficient (Wildman–Crippen LogP) is 7.01. The third-order valence-electron chi connectivity index (χ3n) is 6.26. The van der Waals surface area contributed by atoms with Gasteiger partial charge in [-0.15, -0.1) is 11.8 Å². The zero-order valence-electron chi connectivity index (χ0n) is 23.5. The van der Waals surface area contributed by atoms with E-state index in [1.54, 1.807) is 91.0 Å². The van der Waals surface area contributed by atoms with Crippen molar-refractivity contribution in [2.24, 2.45) is 5.73 Å². The molecule has 4 aromatic rings. The molecule has 0 heterocycles. The lowest BCUT2D eigenvalue weighted by atomic mass is 10.1. The Kier molecular flexibility index (Phi) is 11.2. The second kappa shape index (κ2) is 15.2.